The first-order valence-electron chi connectivity index (χ1n) is 6.54. The summed E-state index contributed by atoms with van der Waals surface area (Å²) < 4.78 is 6.53. The van der Waals surface area contributed by atoms with Gasteiger partial charge in [-0.05, 0) is 32.9 Å². The highest BCUT2D eigenvalue weighted by molar-refractivity contribution is 5.93. The zero-order valence-electron chi connectivity index (χ0n) is 12.0. The topological polar surface area (TPSA) is 51.5 Å². The summed E-state index contributed by atoms with van der Waals surface area (Å²) in [6, 6.07) is 3.90. The molecule has 0 saturated carbocycles. The number of carbonyl (C=O) groups excluding carboxylic acids is 2. The number of rotatable bonds is 6. The molecule has 0 fully saturated rings. The third-order valence-corrected chi connectivity index (χ3v) is 3.04. The van der Waals surface area contributed by atoms with Crippen LogP contribution < -0.4 is 0 Å². The van der Waals surface area contributed by atoms with Crippen molar-refractivity contribution in [2.45, 2.75) is 33.2 Å². The number of nitrogens with zero attached hydrogens (tertiary/aromatic N) is 2. The molecule has 19 heavy (non-hydrogen) atoms. The molecule has 0 aliphatic rings. The van der Waals surface area contributed by atoms with Crippen LogP contribution in [0.4, 0.5) is 0 Å². The van der Waals surface area contributed by atoms with Crippen LogP contribution in [-0.4, -0.2) is 41.5 Å². The molecular formula is C14H22N2O3. The van der Waals surface area contributed by atoms with E-state index in [0.29, 0.717) is 18.8 Å². The second kappa shape index (κ2) is 6.97. The molecule has 0 atom stereocenters. The van der Waals surface area contributed by atoms with Crippen molar-refractivity contribution < 1.29 is 14.3 Å². The summed E-state index contributed by atoms with van der Waals surface area (Å²) in [5, 5.41) is 0. The molecule has 0 aliphatic carbocycles. The van der Waals surface area contributed by atoms with Gasteiger partial charge in [0.1, 0.15) is 5.69 Å². The molecule has 1 amide bonds. The van der Waals surface area contributed by atoms with Crippen LogP contribution in [0.25, 0.3) is 0 Å². The largest absolute Gasteiger partial charge is 0.469 e. The van der Waals surface area contributed by atoms with E-state index in [1.54, 1.807) is 4.90 Å². The van der Waals surface area contributed by atoms with Gasteiger partial charge in [-0.3, -0.25) is 9.59 Å². The summed E-state index contributed by atoms with van der Waals surface area (Å²) in [4.78, 5) is 25.2. The molecule has 0 saturated heterocycles. The average molecular weight is 266 g/mol. The van der Waals surface area contributed by atoms with E-state index in [1.165, 1.54) is 7.11 Å². The van der Waals surface area contributed by atoms with Crippen molar-refractivity contribution >= 4 is 11.9 Å². The molecule has 1 rings (SSSR count). The lowest BCUT2D eigenvalue weighted by atomic mass is 10.3. The van der Waals surface area contributed by atoms with Crippen LogP contribution in [0.1, 0.15) is 43.7 Å². The number of esters is 1. The van der Waals surface area contributed by atoms with Gasteiger partial charge in [0, 0.05) is 25.3 Å². The Bertz CT molecular complexity index is 438. The maximum atomic E-state index is 12.4. The number of hydrogen-bond acceptors (Lipinski definition) is 3. The van der Waals surface area contributed by atoms with Crippen molar-refractivity contribution in [3.8, 4) is 0 Å². The highest BCUT2D eigenvalue weighted by atomic mass is 16.5. The number of methoxy groups -OCH3 is 1. The molecule has 1 aromatic rings. The maximum Gasteiger partial charge on any atom is 0.307 e. The molecular weight excluding hydrogens is 244 g/mol. The van der Waals surface area contributed by atoms with Crippen molar-refractivity contribution in [2.24, 2.45) is 0 Å². The Hall–Kier alpha value is -1.78. The van der Waals surface area contributed by atoms with Crippen LogP contribution in [0.5, 0.6) is 0 Å². The van der Waals surface area contributed by atoms with Crippen molar-refractivity contribution in [3.63, 3.8) is 0 Å². The van der Waals surface area contributed by atoms with E-state index < -0.39 is 0 Å². The minimum Gasteiger partial charge on any atom is -0.469 e. The smallest absolute Gasteiger partial charge is 0.307 e. The Morgan fingerprint density at radius 2 is 2.11 bits per heavy atom. The Morgan fingerprint density at radius 3 is 2.63 bits per heavy atom. The van der Waals surface area contributed by atoms with Crippen LogP contribution in [0.15, 0.2) is 18.3 Å². The first-order valence-corrected chi connectivity index (χ1v) is 6.54. The molecule has 1 aromatic heterocycles. The lowest BCUT2D eigenvalue weighted by Gasteiger charge is -2.22. The molecule has 0 radical (unpaired) electrons. The number of amides is 1. The Labute approximate surface area is 114 Å². The van der Waals surface area contributed by atoms with Crippen LogP contribution in [0.2, 0.25) is 0 Å². The van der Waals surface area contributed by atoms with E-state index in [-0.39, 0.29) is 24.3 Å². The fourth-order valence-corrected chi connectivity index (χ4v) is 1.92. The summed E-state index contributed by atoms with van der Waals surface area (Å²) in [5.41, 5.74) is 0.654. The van der Waals surface area contributed by atoms with Gasteiger partial charge in [-0.1, -0.05) is 0 Å². The molecule has 1 heterocycles. The van der Waals surface area contributed by atoms with E-state index in [2.05, 4.69) is 4.74 Å². The zero-order chi connectivity index (χ0) is 14.4. The second-order valence-corrected chi connectivity index (χ2v) is 4.61. The Kier molecular flexibility index (Phi) is 5.60. The molecule has 0 aromatic carbocycles. The van der Waals surface area contributed by atoms with Gasteiger partial charge in [-0.2, -0.15) is 0 Å². The minimum atomic E-state index is -0.300. The Morgan fingerprint density at radius 1 is 1.42 bits per heavy atom. The molecule has 0 bridgehead atoms. The van der Waals surface area contributed by atoms with Crippen molar-refractivity contribution in [1.82, 2.24) is 9.47 Å². The fraction of sp³-hybridized carbons (Fsp3) is 0.571. The van der Waals surface area contributed by atoms with Gasteiger partial charge in [-0.15, -0.1) is 0 Å². The number of aromatic nitrogens is 1. The quantitative estimate of drug-likeness (QED) is 0.741. The SMILES string of the molecule is CCN(CCC(=O)OC)C(=O)c1cccn1C(C)C. The lowest BCUT2D eigenvalue weighted by Crippen LogP contribution is -2.34. The van der Waals surface area contributed by atoms with Crippen LogP contribution in [0.3, 0.4) is 0 Å². The van der Waals surface area contributed by atoms with E-state index >= 15 is 0 Å². The summed E-state index contributed by atoms with van der Waals surface area (Å²) >= 11 is 0. The first-order chi connectivity index (χ1) is 9.01. The molecule has 106 valence electrons. The number of carbonyl (C=O) groups is 2. The predicted octanol–water partition coefficient (Wildman–Crippen LogP) is 2.09. The van der Waals surface area contributed by atoms with E-state index in [1.807, 2.05) is 43.7 Å². The molecule has 0 N–H and O–H groups in total. The van der Waals surface area contributed by atoms with Crippen molar-refractivity contribution in [3.05, 3.63) is 24.0 Å². The van der Waals surface area contributed by atoms with Gasteiger partial charge in [-0.25, -0.2) is 0 Å². The highest BCUT2D eigenvalue weighted by Gasteiger charge is 2.19. The lowest BCUT2D eigenvalue weighted by molar-refractivity contribution is -0.140. The average Bonchev–Trinajstić information content (AvgIpc) is 2.88. The fourth-order valence-electron chi connectivity index (χ4n) is 1.92. The summed E-state index contributed by atoms with van der Waals surface area (Å²) in [7, 11) is 1.35. The predicted molar refractivity (Wildman–Crippen MR) is 73.0 cm³/mol. The van der Waals surface area contributed by atoms with Crippen LogP contribution in [-0.2, 0) is 9.53 Å². The first kappa shape index (κ1) is 15.3. The van der Waals surface area contributed by atoms with E-state index in [4.69, 9.17) is 0 Å². The molecule has 5 nitrogen and oxygen atoms in total. The van der Waals surface area contributed by atoms with Crippen molar-refractivity contribution in [2.75, 3.05) is 20.2 Å². The zero-order valence-corrected chi connectivity index (χ0v) is 12.0. The van der Waals surface area contributed by atoms with Gasteiger partial charge in [0.25, 0.3) is 5.91 Å². The summed E-state index contributed by atoms with van der Waals surface area (Å²) in [6.07, 6.45) is 2.12. The second-order valence-electron chi connectivity index (χ2n) is 4.61. The van der Waals surface area contributed by atoms with Crippen LogP contribution >= 0.6 is 0 Å². The summed E-state index contributed by atoms with van der Waals surface area (Å²) in [6.45, 7) is 6.91. The molecule has 5 heteroatoms. The van der Waals surface area contributed by atoms with E-state index in [9.17, 15) is 9.59 Å². The normalized spacial score (nSPS) is 10.6. The number of hydrogen-bond donors (Lipinski definition) is 0. The third kappa shape index (κ3) is 3.84. The molecule has 0 aliphatic heterocycles. The third-order valence-electron chi connectivity index (χ3n) is 3.04. The van der Waals surface area contributed by atoms with Gasteiger partial charge in [0.05, 0.1) is 13.5 Å². The molecule has 0 spiro atoms. The van der Waals surface area contributed by atoms with Gasteiger partial charge in [0.15, 0.2) is 0 Å². The minimum absolute atomic E-state index is 0.0508. The number of ether oxygens (including phenoxy) is 1. The van der Waals surface area contributed by atoms with Gasteiger partial charge < -0.3 is 14.2 Å². The monoisotopic (exact) mass is 266 g/mol. The van der Waals surface area contributed by atoms with Gasteiger partial charge >= 0.3 is 5.97 Å². The maximum absolute atomic E-state index is 12.4. The molecule has 0 unspecified atom stereocenters. The standard InChI is InChI=1S/C14H22N2O3/c1-5-15(10-8-13(17)19-4)14(18)12-7-6-9-16(12)11(2)3/h6-7,9,11H,5,8,10H2,1-4H3. The van der Waals surface area contributed by atoms with Crippen molar-refractivity contribution in [1.29, 1.82) is 0 Å². The van der Waals surface area contributed by atoms with Gasteiger partial charge in [0.2, 0.25) is 0 Å². The Balaban J connectivity index is 2.78. The highest BCUT2D eigenvalue weighted by Crippen LogP contribution is 2.13. The van der Waals surface area contributed by atoms with Crippen LogP contribution in [0, 0.1) is 0 Å². The summed E-state index contributed by atoms with van der Waals surface area (Å²) in [5.74, 6) is -0.351. The van der Waals surface area contributed by atoms with E-state index in [0.717, 1.165) is 0 Å².